The zero-order valence-corrected chi connectivity index (χ0v) is 12.5. The van der Waals surface area contributed by atoms with Gasteiger partial charge in [0.05, 0.1) is 16.3 Å². The van der Waals surface area contributed by atoms with Gasteiger partial charge in [0, 0.05) is 31.4 Å². The number of hydrogen-bond acceptors (Lipinski definition) is 4. The van der Waals surface area contributed by atoms with Crippen LogP contribution < -0.4 is 11.2 Å². The zero-order chi connectivity index (χ0) is 15.1. The molecule has 106 valence electrons. The lowest BCUT2D eigenvalue weighted by Gasteiger charge is -2.09. The molecule has 2 aromatic rings. The van der Waals surface area contributed by atoms with E-state index in [4.69, 9.17) is 0 Å². The Balaban J connectivity index is 2.26. The minimum atomic E-state index is -0.396. The third-order valence-corrected chi connectivity index (χ3v) is 4.07. The minimum absolute atomic E-state index is 0.341. The summed E-state index contributed by atoms with van der Waals surface area (Å²) in [5, 5.41) is 0.341. The van der Waals surface area contributed by atoms with Gasteiger partial charge in [0.1, 0.15) is 0 Å². The van der Waals surface area contributed by atoms with Crippen molar-refractivity contribution in [3.8, 4) is 0 Å². The number of nitrogens with zero attached hydrogens (tertiary/aromatic N) is 3. The summed E-state index contributed by atoms with van der Waals surface area (Å²) in [6.45, 7) is 0. The normalized spacial score (nSPS) is 14.7. The van der Waals surface area contributed by atoms with Gasteiger partial charge in [-0.2, -0.15) is 0 Å². The van der Waals surface area contributed by atoms with Gasteiger partial charge in [-0.15, -0.1) is 12.6 Å². The molecule has 0 bridgehead atoms. The number of allylic oxidation sites excluding steroid dienone is 1. The summed E-state index contributed by atoms with van der Waals surface area (Å²) in [5.41, 5.74) is 2.27. The summed E-state index contributed by atoms with van der Waals surface area (Å²) >= 11 is 4.30. The van der Waals surface area contributed by atoms with Gasteiger partial charge in [-0.05, 0) is 12.1 Å². The van der Waals surface area contributed by atoms with Gasteiger partial charge in [-0.25, -0.2) is 4.79 Å². The number of thiol groups is 1. The lowest BCUT2D eigenvalue weighted by Crippen LogP contribution is -2.38. The smallest absolute Gasteiger partial charge is 0.291 e. The molecule has 1 aliphatic heterocycles. The molecule has 5 nitrogen and oxygen atoms in total. The Labute approximate surface area is 126 Å². The molecule has 0 N–H and O–H groups in total. The van der Waals surface area contributed by atoms with E-state index in [1.807, 2.05) is 24.3 Å². The second kappa shape index (κ2) is 4.89. The first-order chi connectivity index (χ1) is 10.0. The highest BCUT2D eigenvalue weighted by molar-refractivity contribution is 7.80. The number of benzene rings is 1. The van der Waals surface area contributed by atoms with E-state index in [2.05, 4.69) is 17.6 Å². The molecular formula is C15H13N3O2S. The fourth-order valence-corrected chi connectivity index (χ4v) is 2.54. The predicted octanol–water partition coefficient (Wildman–Crippen LogP) is 1.63. The van der Waals surface area contributed by atoms with Gasteiger partial charge in [-0.1, -0.05) is 18.2 Å². The Morgan fingerprint density at radius 2 is 1.86 bits per heavy atom. The maximum atomic E-state index is 12.3. The first-order valence-electron chi connectivity index (χ1n) is 6.35. The largest absolute Gasteiger partial charge is 0.331 e. The molecule has 6 heteroatoms. The van der Waals surface area contributed by atoms with Crippen LogP contribution in [0.1, 0.15) is 11.1 Å². The van der Waals surface area contributed by atoms with Crippen molar-refractivity contribution >= 4 is 36.2 Å². The molecule has 1 aromatic heterocycles. The van der Waals surface area contributed by atoms with Gasteiger partial charge < -0.3 is 0 Å². The first-order valence-corrected chi connectivity index (χ1v) is 6.79. The van der Waals surface area contributed by atoms with Crippen LogP contribution in [0.25, 0.3) is 11.6 Å². The molecule has 0 unspecified atom stereocenters. The van der Waals surface area contributed by atoms with Crippen molar-refractivity contribution < 1.29 is 0 Å². The predicted molar refractivity (Wildman–Crippen MR) is 86.6 cm³/mol. The van der Waals surface area contributed by atoms with Gasteiger partial charge in [0.15, 0.2) is 0 Å². The lowest BCUT2D eigenvalue weighted by atomic mass is 10.1. The highest BCUT2D eigenvalue weighted by Crippen LogP contribution is 2.32. The molecule has 1 aromatic carbocycles. The fourth-order valence-electron chi connectivity index (χ4n) is 2.30. The van der Waals surface area contributed by atoms with Crippen LogP contribution in [0, 0.1) is 0 Å². The molecule has 0 saturated carbocycles. The summed E-state index contributed by atoms with van der Waals surface area (Å²) in [5.74, 6) is 0. The number of aliphatic imine (C=N–C) groups is 1. The van der Waals surface area contributed by atoms with E-state index in [1.165, 1.54) is 11.6 Å². The second-order valence-electron chi connectivity index (χ2n) is 4.82. The first kappa shape index (κ1) is 13.6. The zero-order valence-electron chi connectivity index (χ0n) is 11.6. The van der Waals surface area contributed by atoms with E-state index in [0.717, 1.165) is 21.4 Å². The molecule has 3 rings (SSSR count). The van der Waals surface area contributed by atoms with Crippen LogP contribution in [0.4, 0.5) is 5.69 Å². The van der Waals surface area contributed by atoms with Crippen molar-refractivity contribution in [3.63, 3.8) is 0 Å². The molecule has 0 radical (unpaired) electrons. The number of rotatable bonds is 1. The van der Waals surface area contributed by atoms with Crippen LogP contribution in [0.5, 0.6) is 0 Å². The summed E-state index contributed by atoms with van der Waals surface area (Å²) in [6.07, 6.45) is 3.43. The van der Waals surface area contributed by atoms with E-state index in [9.17, 15) is 9.59 Å². The highest BCUT2D eigenvalue weighted by Gasteiger charge is 2.15. The quantitative estimate of drug-likeness (QED) is 0.643. The van der Waals surface area contributed by atoms with Gasteiger partial charge in [-0.3, -0.25) is 18.9 Å². The van der Waals surface area contributed by atoms with E-state index in [-0.39, 0.29) is 5.56 Å². The monoisotopic (exact) mass is 299 g/mol. The minimum Gasteiger partial charge on any atom is -0.291 e. The Kier molecular flexibility index (Phi) is 3.17. The maximum absolute atomic E-state index is 12.3. The van der Waals surface area contributed by atoms with E-state index in [1.54, 1.807) is 19.3 Å². The summed E-state index contributed by atoms with van der Waals surface area (Å²) in [4.78, 5) is 28.4. The van der Waals surface area contributed by atoms with Crippen molar-refractivity contribution in [1.82, 2.24) is 9.13 Å². The third-order valence-electron chi connectivity index (χ3n) is 3.53. The van der Waals surface area contributed by atoms with Crippen molar-refractivity contribution in [1.29, 1.82) is 0 Å². The molecule has 0 atom stereocenters. The van der Waals surface area contributed by atoms with E-state index < -0.39 is 5.69 Å². The van der Waals surface area contributed by atoms with Crippen molar-refractivity contribution in [2.45, 2.75) is 5.03 Å². The third kappa shape index (κ3) is 2.08. The van der Waals surface area contributed by atoms with Crippen LogP contribution in [-0.2, 0) is 14.1 Å². The maximum Gasteiger partial charge on any atom is 0.331 e. The summed E-state index contributed by atoms with van der Waals surface area (Å²) in [6, 6.07) is 7.68. The van der Waals surface area contributed by atoms with Gasteiger partial charge in [0.25, 0.3) is 5.56 Å². The van der Waals surface area contributed by atoms with E-state index >= 15 is 0 Å². The fraction of sp³-hybridized carbons (Fsp3) is 0.133. The Hall–Kier alpha value is -2.34. The molecule has 1 aliphatic rings. The van der Waals surface area contributed by atoms with Gasteiger partial charge in [0.2, 0.25) is 0 Å². The standard InChI is InChI=1S/C15H13N3O2S/c1-17-13(19)11(14(21)18(2)15(17)20)7-9-8-16-12-6-4-3-5-10(9)12/h3-8,21H,1-2H3. The molecule has 0 spiro atoms. The average molecular weight is 299 g/mol. The molecule has 0 saturated heterocycles. The Bertz CT molecular complexity index is 919. The average Bonchev–Trinajstić information content (AvgIpc) is 2.91. The lowest BCUT2D eigenvalue weighted by molar-refractivity contribution is 0.634. The summed E-state index contributed by atoms with van der Waals surface area (Å²) < 4.78 is 2.42. The van der Waals surface area contributed by atoms with Crippen molar-refractivity contribution in [2.24, 2.45) is 19.1 Å². The van der Waals surface area contributed by atoms with Crippen LogP contribution in [0.15, 0.2) is 43.9 Å². The van der Waals surface area contributed by atoms with Gasteiger partial charge >= 0.3 is 5.69 Å². The molecule has 21 heavy (non-hydrogen) atoms. The van der Waals surface area contributed by atoms with E-state index in [0.29, 0.717) is 10.6 Å². The summed E-state index contributed by atoms with van der Waals surface area (Å²) in [7, 11) is 3.04. The number of hydrogen-bond donors (Lipinski definition) is 1. The van der Waals surface area contributed by atoms with Crippen LogP contribution in [0.3, 0.4) is 0 Å². The molecular weight excluding hydrogens is 286 g/mol. The Morgan fingerprint density at radius 3 is 2.62 bits per heavy atom. The second-order valence-corrected chi connectivity index (χ2v) is 5.24. The van der Waals surface area contributed by atoms with Crippen LogP contribution in [-0.4, -0.2) is 15.3 Å². The number of para-hydroxylation sites is 1. The topological polar surface area (TPSA) is 56.4 Å². The van der Waals surface area contributed by atoms with Crippen LogP contribution in [0.2, 0.25) is 0 Å². The highest BCUT2D eigenvalue weighted by atomic mass is 32.1. The molecule has 0 fully saturated rings. The molecule has 0 amide bonds. The Morgan fingerprint density at radius 1 is 1.14 bits per heavy atom. The van der Waals surface area contributed by atoms with Crippen molar-refractivity contribution in [3.05, 3.63) is 56.2 Å². The molecule has 2 heterocycles. The van der Waals surface area contributed by atoms with Crippen LogP contribution >= 0.6 is 12.6 Å². The molecule has 0 aliphatic carbocycles. The number of aromatic nitrogens is 2. The van der Waals surface area contributed by atoms with Crippen molar-refractivity contribution in [2.75, 3.05) is 0 Å². The SMILES string of the molecule is Cn1c(S)c(C=C2C=Nc3ccccc32)c(=O)n(C)c1=O. The number of fused-ring (bicyclic) bond motifs is 1.